The van der Waals surface area contributed by atoms with Crippen molar-refractivity contribution >= 4 is 23.5 Å². The van der Waals surface area contributed by atoms with Crippen LogP contribution in [0.25, 0.3) is 0 Å². The maximum atomic E-state index is 12.1. The number of rotatable bonds is 8. The molecule has 29 heavy (non-hydrogen) atoms. The van der Waals surface area contributed by atoms with E-state index in [1.165, 1.54) is 12.1 Å². The number of nitrogens with one attached hydrogen (secondary N) is 2. The number of carbonyl (C=O) groups is 3. The number of non-ortho nitro benzene ring substituents is 1. The second kappa shape index (κ2) is 10.4. The van der Waals surface area contributed by atoms with Crippen LogP contribution in [0.1, 0.15) is 23.7 Å². The van der Waals surface area contributed by atoms with Crippen LogP contribution in [0, 0.1) is 10.1 Å². The summed E-state index contributed by atoms with van der Waals surface area (Å²) in [4.78, 5) is 45.7. The van der Waals surface area contributed by atoms with Crippen molar-refractivity contribution in [3.05, 3.63) is 70.3 Å². The van der Waals surface area contributed by atoms with E-state index in [0.717, 1.165) is 12.1 Å². The van der Waals surface area contributed by atoms with E-state index in [-0.39, 0.29) is 11.3 Å². The van der Waals surface area contributed by atoms with E-state index in [4.69, 9.17) is 9.47 Å². The van der Waals surface area contributed by atoms with Crippen LogP contribution < -0.4 is 15.6 Å². The summed E-state index contributed by atoms with van der Waals surface area (Å²) in [6, 6.07) is 13.5. The molecule has 2 aromatic rings. The van der Waals surface area contributed by atoms with Gasteiger partial charge in [-0.05, 0) is 30.7 Å². The lowest BCUT2D eigenvalue weighted by atomic mass is 10.2. The van der Waals surface area contributed by atoms with Gasteiger partial charge < -0.3 is 9.47 Å². The van der Waals surface area contributed by atoms with Gasteiger partial charge in [0.05, 0.1) is 4.92 Å². The molecule has 0 fully saturated rings. The molecule has 2 aromatic carbocycles. The Hall–Kier alpha value is -3.95. The van der Waals surface area contributed by atoms with Crippen LogP contribution in [0.15, 0.2) is 54.6 Å². The molecule has 0 spiro atoms. The van der Waals surface area contributed by atoms with Crippen LogP contribution in [0.5, 0.6) is 5.75 Å². The molecule has 0 aliphatic rings. The first-order valence-electron chi connectivity index (χ1n) is 8.62. The van der Waals surface area contributed by atoms with Gasteiger partial charge in [-0.15, -0.1) is 0 Å². The van der Waals surface area contributed by atoms with E-state index >= 15 is 0 Å². The van der Waals surface area contributed by atoms with E-state index < -0.39 is 35.4 Å². The standard InChI is InChI=1S/C19H19N3O7/c1-2-16(29-15-6-4-3-5-7-15)19(25)28-12-17(23)20-21-18(24)13-8-10-14(11-9-13)22(26)27/h3-11,16H,2,12H2,1H3,(H,20,23)(H,21,24)/t16-/m0/s1. The molecule has 2 rings (SSSR count). The molecule has 2 N–H and O–H groups in total. The van der Waals surface area contributed by atoms with E-state index in [9.17, 15) is 24.5 Å². The van der Waals surface area contributed by atoms with Gasteiger partial charge in [-0.1, -0.05) is 25.1 Å². The second-order valence-corrected chi connectivity index (χ2v) is 5.74. The van der Waals surface area contributed by atoms with Gasteiger partial charge >= 0.3 is 5.97 Å². The van der Waals surface area contributed by atoms with Crippen LogP contribution in [-0.2, 0) is 14.3 Å². The molecule has 2 amide bonds. The number of hydrogen-bond acceptors (Lipinski definition) is 7. The van der Waals surface area contributed by atoms with Crippen molar-refractivity contribution in [2.75, 3.05) is 6.61 Å². The van der Waals surface area contributed by atoms with Gasteiger partial charge in [0.15, 0.2) is 12.7 Å². The lowest BCUT2D eigenvalue weighted by Crippen LogP contribution is -2.44. The van der Waals surface area contributed by atoms with Crippen molar-refractivity contribution in [2.45, 2.75) is 19.4 Å². The Morgan fingerprint density at radius 1 is 1.03 bits per heavy atom. The number of nitro groups is 1. The number of esters is 1. The summed E-state index contributed by atoms with van der Waals surface area (Å²) in [6.07, 6.45) is -0.536. The van der Waals surface area contributed by atoms with Crippen LogP contribution >= 0.6 is 0 Å². The van der Waals surface area contributed by atoms with Gasteiger partial charge in [0.1, 0.15) is 5.75 Å². The van der Waals surface area contributed by atoms with Gasteiger partial charge in [0.2, 0.25) is 0 Å². The first kappa shape index (κ1) is 21.4. The normalized spacial score (nSPS) is 11.1. The molecule has 1 atom stereocenters. The number of benzene rings is 2. The van der Waals surface area contributed by atoms with Crippen molar-refractivity contribution in [3.63, 3.8) is 0 Å². The summed E-state index contributed by atoms with van der Waals surface area (Å²) in [7, 11) is 0. The lowest BCUT2D eigenvalue weighted by Gasteiger charge is -2.16. The predicted molar refractivity (Wildman–Crippen MR) is 101 cm³/mol. The highest BCUT2D eigenvalue weighted by atomic mass is 16.6. The monoisotopic (exact) mass is 401 g/mol. The number of ether oxygens (including phenoxy) is 2. The van der Waals surface area contributed by atoms with Gasteiger partial charge in [-0.25, -0.2) is 4.79 Å². The minimum atomic E-state index is -0.875. The topological polar surface area (TPSA) is 137 Å². The molecule has 0 saturated carbocycles. The number of hydrazine groups is 1. The minimum Gasteiger partial charge on any atom is -0.479 e. The molecule has 0 aliphatic heterocycles. The zero-order valence-electron chi connectivity index (χ0n) is 15.5. The van der Waals surface area contributed by atoms with Crippen molar-refractivity contribution in [2.24, 2.45) is 0 Å². The maximum Gasteiger partial charge on any atom is 0.347 e. The molecule has 0 heterocycles. The maximum absolute atomic E-state index is 12.1. The molecule has 0 bridgehead atoms. The fourth-order valence-electron chi connectivity index (χ4n) is 2.16. The Balaban J connectivity index is 1.77. The third-order valence-corrected chi connectivity index (χ3v) is 3.66. The second-order valence-electron chi connectivity index (χ2n) is 5.74. The van der Waals surface area contributed by atoms with E-state index in [0.29, 0.717) is 12.2 Å². The Morgan fingerprint density at radius 3 is 2.28 bits per heavy atom. The summed E-state index contributed by atoms with van der Waals surface area (Å²) < 4.78 is 10.4. The summed E-state index contributed by atoms with van der Waals surface area (Å²) in [5, 5.41) is 10.6. The highest BCUT2D eigenvalue weighted by Crippen LogP contribution is 2.13. The number of nitrogens with zero attached hydrogens (tertiary/aromatic N) is 1. The number of nitro benzene ring substituents is 1. The largest absolute Gasteiger partial charge is 0.479 e. The molecular weight excluding hydrogens is 382 g/mol. The predicted octanol–water partition coefficient (Wildman–Crippen LogP) is 1.76. The van der Waals surface area contributed by atoms with Crippen LogP contribution in [0.3, 0.4) is 0 Å². The summed E-state index contributed by atoms with van der Waals surface area (Å²) >= 11 is 0. The molecule has 0 radical (unpaired) electrons. The fraction of sp³-hybridized carbons (Fsp3) is 0.211. The van der Waals surface area contributed by atoms with Gasteiger partial charge in [0, 0.05) is 17.7 Å². The molecule has 0 aromatic heterocycles. The summed E-state index contributed by atoms with van der Waals surface area (Å²) in [5.41, 5.74) is 4.15. The van der Waals surface area contributed by atoms with E-state index in [1.54, 1.807) is 37.3 Å². The Labute approximate surface area is 165 Å². The molecular formula is C19H19N3O7. The first-order valence-corrected chi connectivity index (χ1v) is 8.62. The zero-order chi connectivity index (χ0) is 21.2. The number of carbonyl (C=O) groups excluding carboxylic acids is 3. The van der Waals surface area contributed by atoms with Crippen molar-refractivity contribution in [1.82, 2.24) is 10.9 Å². The highest BCUT2D eigenvalue weighted by Gasteiger charge is 2.21. The Kier molecular flexibility index (Phi) is 7.66. The van der Waals surface area contributed by atoms with Gasteiger partial charge in [-0.2, -0.15) is 0 Å². The van der Waals surface area contributed by atoms with Crippen LogP contribution in [0.2, 0.25) is 0 Å². The average Bonchev–Trinajstić information content (AvgIpc) is 2.74. The number of para-hydroxylation sites is 1. The molecule has 0 aliphatic carbocycles. The highest BCUT2D eigenvalue weighted by molar-refractivity contribution is 5.95. The quantitative estimate of drug-likeness (QED) is 0.390. The molecule has 152 valence electrons. The van der Waals surface area contributed by atoms with E-state index in [2.05, 4.69) is 10.9 Å². The van der Waals surface area contributed by atoms with Gasteiger partial charge in [-0.3, -0.25) is 30.6 Å². The third kappa shape index (κ3) is 6.61. The third-order valence-electron chi connectivity index (χ3n) is 3.66. The molecule has 0 unspecified atom stereocenters. The number of amides is 2. The minimum absolute atomic E-state index is 0.107. The van der Waals surface area contributed by atoms with Crippen molar-refractivity contribution in [3.8, 4) is 5.75 Å². The van der Waals surface area contributed by atoms with Crippen molar-refractivity contribution in [1.29, 1.82) is 0 Å². The Bertz CT molecular complexity index is 869. The smallest absolute Gasteiger partial charge is 0.347 e. The van der Waals surface area contributed by atoms with Crippen LogP contribution in [0.4, 0.5) is 5.69 Å². The SMILES string of the molecule is CC[C@H](Oc1ccccc1)C(=O)OCC(=O)NNC(=O)c1ccc([N+](=O)[O-])cc1. The molecule has 10 heteroatoms. The fourth-order valence-corrected chi connectivity index (χ4v) is 2.16. The summed E-state index contributed by atoms with van der Waals surface area (Å²) in [5.74, 6) is -1.66. The van der Waals surface area contributed by atoms with Crippen molar-refractivity contribution < 1.29 is 28.8 Å². The number of hydrogen-bond donors (Lipinski definition) is 2. The van der Waals surface area contributed by atoms with E-state index in [1.807, 2.05) is 0 Å². The first-order chi connectivity index (χ1) is 13.9. The van der Waals surface area contributed by atoms with Crippen LogP contribution in [-0.4, -0.2) is 35.4 Å². The lowest BCUT2D eigenvalue weighted by molar-refractivity contribution is -0.384. The average molecular weight is 401 g/mol. The molecule has 0 saturated heterocycles. The zero-order valence-corrected chi connectivity index (χ0v) is 15.5. The molecule has 10 nitrogen and oxygen atoms in total. The van der Waals surface area contributed by atoms with Gasteiger partial charge in [0.25, 0.3) is 17.5 Å². The summed E-state index contributed by atoms with van der Waals surface area (Å²) in [6.45, 7) is 1.12. The Morgan fingerprint density at radius 2 is 1.69 bits per heavy atom.